The largest absolute Gasteiger partial charge is 0.477 e. The second kappa shape index (κ2) is 6.90. The highest BCUT2D eigenvalue weighted by Gasteiger charge is 2.34. The van der Waals surface area contributed by atoms with E-state index in [2.05, 4.69) is 5.32 Å². The molecule has 130 valence electrons. The quantitative estimate of drug-likeness (QED) is 0.810. The number of anilines is 1. The van der Waals surface area contributed by atoms with E-state index in [-0.39, 0.29) is 28.1 Å². The number of para-hydroxylation sites is 2. The number of benzene rings is 2. The third-order valence-electron chi connectivity index (χ3n) is 3.80. The Kier molecular flexibility index (Phi) is 4.83. The van der Waals surface area contributed by atoms with E-state index in [0.29, 0.717) is 11.4 Å². The topological polar surface area (TPSA) is 58.6 Å². The highest BCUT2D eigenvalue weighted by Crippen LogP contribution is 2.35. The van der Waals surface area contributed by atoms with Crippen molar-refractivity contribution in [3.63, 3.8) is 0 Å². The number of hydrogen-bond acceptors (Lipinski definition) is 3. The Hall–Kier alpha value is -2.31. The van der Waals surface area contributed by atoms with Crippen LogP contribution in [0.15, 0.2) is 36.4 Å². The molecular formula is C17H13Cl2FN2O3. The number of rotatable bonds is 2. The standard InChI is InChI=1S/C17H13Cl2FN2O3/c1-21-16(23)15-8-22(13-4-2-3-5-14(13)25-15)17(24)9-6-12(20)11(19)7-10(9)18/h2-7,15H,8H2,1H3,(H,21,23). The number of nitrogens with zero attached hydrogens (tertiary/aromatic N) is 1. The zero-order valence-electron chi connectivity index (χ0n) is 13.1. The van der Waals surface area contributed by atoms with Crippen molar-refractivity contribution in [3.8, 4) is 5.75 Å². The molecule has 0 saturated carbocycles. The van der Waals surface area contributed by atoms with Crippen molar-refractivity contribution in [2.45, 2.75) is 6.10 Å². The Morgan fingerprint density at radius 3 is 2.68 bits per heavy atom. The van der Waals surface area contributed by atoms with Crippen molar-refractivity contribution in [2.24, 2.45) is 0 Å². The molecule has 1 atom stereocenters. The molecule has 0 aromatic heterocycles. The predicted molar refractivity (Wildman–Crippen MR) is 93.0 cm³/mol. The smallest absolute Gasteiger partial charge is 0.262 e. The molecule has 25 heavy (non-hydrogen) atoms. The van der Waals surface area contributed by atoms with E-state index in [0.717, 1.165) is 6.07 Å². The molecule has 1 N–H and O–H groups in total. The van der Waals surface area contributed by atoms with Crippen molar-refractivity contribution in [1.29, 1.82) is 0 Å². The van der Waals surface area contributed by atoms with Crippen LogP contribution >= 0.6 is 23.2 Å². The second-order valence-corrected chi connectivity index (χ2v) is 6.16. The molecule has 2 aromatic rings. The first-order valence-corrected chi connectivity index (χ1v) is 8.11. The van der Waals surface area contributed by atoms with Crippen LogP contribution in [-0.2, 0) is 4.79 Å². The van der Waals surface area contributed by atoms with Gasteiger partial charge in [-0.2, -0.15) is 0 Å². The van der Waals surface area contributed by atoms with Gasteiger partial charge in [-0.15, -0.1) is 0 Å². The second-order valence-electron chi connectivity index (χ2n) is 5.35. The number of carbonyl (C=O) groups is 2. The molecule has 3 rings (SSSR count). The van der Waals surface area contributed by atoms with Gasteiger partial charge in [-0.1, -0.05) is 35.3 Å². The Balaban J connectivity index is 2.04. The fourth-order valence-corrected chi connectivity index (χ4v) is 3.02. The molecule has 0 aliphatic carbocycles. The molecule has 1 unspecified atom stereocenters. The van der Waals surface area contributed by atoms with Gasteiger partial charge >= 0.3 is 0 Å². The molecule has 1 aliphatic rings. The van der Waals surface area contributed by atoms with Crippen LogP contribution in [0, 0.1) is 5.82 Å². The van der Waals surface area contributed by atoms with E-state index in [1.54, 1.807) is 24.3 Å². The van der Waals surface area contributed by atoms with Crippen LogP contribution < -0.4 is 15.0 Å². The predicted octanol–water partition coefficient (Wildman–Crippen LogP) is 3.29. The van der Waals surface area contributed by atoms with Crippen LogP contribution in [0.5, 0.6) is 5.75 Å². The number of likely N-dealkylation sites (N-methyl/N-ethyl adjacent to an activating group) is 1. The van der Waals surface area contributed by atoms with E-state index in [1.165, 1.54) is 18.0 Å². The molecule has 1 aliphatic heterocycles. The van der Waals surface area contributed by atoms with Crippen molar-refractivity contribution in [3.05, 3.63) is 57.8 Å². The molecule has 0 spiro atoms. The lowest BCUT2D eigenvalue weighted by Crippen LogP contribution is -2.50. The number of nitrogens with one attached hydrogen (secondary N) is 1. The normalized spacial score (nSPS) is 16.0. The molecule has 2 amide bonds. The van der Waals surface area contributed by atoms with Crippen molar-refractivity contribution >= 4 is 40.7 Å². The van der Waals surface area contributed by atoms with Gasteiger partial charge in [0.2, 0.25) is 0 Å². The fraction of sp³-hybridized carbons (Fsp3) is 0.176. The van der Waals surface area contributed by atoms with Crippen LogP contribution in [0.4, 0.5) is 10.1 Å². The summed E-state index contributed by atoms with van der Waals surface area (Å²) in [5, 5.41) is 2.34. The molecule has 8 heteroatoms. The van der Waals surface area contributed by atoms with Gasteiger partial charge in [0.15, 0.2) is 6.10 Å². The number of amides is 2. The van der Waals surface area contributed by atoms with E-state index < -0.39 is 17.8 Å². The third kappa shape index (κ3) is 3.27. The Labute approximate surface area is 153 Å². The maximum atomic E-state index is 13.8. The van der Waals surface area contributed by atoms with Gasteiger partial charge in [-0.3, -0.25) is 9.59 Å². The first-order chi connectivity index (χ1) is 11.9. The van der Waals surface area contributed by atoms with Gasteiger partial charge in [-0.25, -0.2) is 4.39 Å². The molecule has 5 nitrogen and oxygen atoms in total. The summed E-state index contributed by atoms with van der Waals surface area (Å²) in [7, 11) is 1.48. The summed E-state index contributed by atoms with van der Waals surface area (Å²) in [6, 6.07) is 8.94. The van der Waals surface area contributed by atoms with Gasteiger partial charge in [0.05, 0.1) is 27.8 Å². The van der Waals surface area contributed by atoms with Gasteiger partial charge in [0.1, 0.15) is 11.6 Å². The maximum Gasteiger partial charge on any atom is 0.262 e. The fourth-order valence-electron chi connectivity index (χ4n) is 2.56. The average Bonchev–Trinajstić information content (AvgIpc) is 2.62. The van der Waals surface area contributed by atoms with Crippen LogP contribution in [0.1, 0.15) is 10.4 Å². The minimum atomic E-state index is -0.889. The van der Waals surface area contributed by atoms with E-state index in [9.17, 15) is 14.0 Å². The van der Waals surface area contributed by atoms with Gasteiger partial charge in [-0.05, 0) is 24.3 Å². The number of ether oxygens (including phenoxy) is 1. The summed E-state index contributed by atoms with van der Waals surface area (Å²) in [6.07, 6.45) is -0.889. The highest BCUT2D eigenvalue weighted by atomic mass is 35.5. The summed E-state index contributed by atoms with van der Waals surface area (Å²) >= 11 is 11.7. The van der Waals surface area contributed by atoms with E-state index in [1.807, 2.05) is 0 Å². The first-order valence-electron chi connectivity index (χ1n) is 7.36. The summed E-state index contributed by atoms with van der Waals surface area (Å²) in [4.78, 5) is 26.3. The lowest BCUT2D eigenvalue weighted by Gasteiger charge is -2.34. The summed E-state index contributed by atoms with van der Waals surface area (Å²) < 4.78 is 19.4. The minimum Gasteiger partial charge on any atom is -0.477 e. The van der Waals surface area contributed by atoms with Crippen molar-refractivity contribution < 1.29 is 18.7 Å². The molecule has 0 radical (unpaired) electrons. The Morgan fingerprint density at radius 2 is 1.96 bits per heavy atom. The monoisotopic (exact) mass is 382 g/mol. The van der Waals surface area contributed by atoms with E-state index in [4.69, 9.17) is 27.9 Å². The van der Waals surface area contributed by atoms with Gasteiger partial charge < -0.3 is 15.0 Å². The summed E-state index contributed by atoms with van der Waals surface area (Å²) in [5.41, 5.74) is 0.426. The first kappa shape index (κ1) is 17.5. The zero-order valence-corrected chi connectivity index (χ0v) is 14.6. The maximum absolute atomic E-state index is 13.8. The zero-order chi connectivity index (χ0) is 18.1. The summed E-state index contributed by atoms with van der Waals surface area (Å²) in [5.74, 6) is -1.30. The molecule has 1 heterocycles. The Bertz CT molecular complexity index is 860. The number of halogens is 3. The number of carbonyl (C=O) groups excluding carboxylic acids is 2. The highest BCUT2D eigenvalue weighted by molar-refractivity contribution is 6.37. The van der Waals surface area contributed by atoms with Crippen LogP contribution in [0.2, 0.25) is 10.0 Å². The molecule has 0 bridgehead atoms. The Morgan fingerprint density at radius 1 is 1.24 bits per heavy atom. The molecule has 0 saturated heterocycles. The van der Waals surface area contributed by atoms with Crippen molar-refractivity contribution in [2.75, 3.05) is 18.5 Å². The van der Waals surface area contributed by atoms with Crippen LogP contribution in [0.25, 0.3) is 0 Å². The van der Waals surface area contributed by atoms with Gasteiger partial charge in [0.25, 0.3) is 11.8 Å². The lowest BCUT2D eigenvalue weighted by molar-refractivity contribution is -0.127. The summed E-state index contributed by atoms with van der Waals surface area (Å²) in [6.45, 7) is -0.0317. The molecule has 0 fully saturated rings. The minimum absolute atomic E-state index is 0.0249. The molecule has 2 aromatic carbocycles. The van der Waals surface area contributed by atoms with E-state index >= 15 is 0 Å². The number of fused-ring (bicyclic) bond motifs is 1. The number of hydrogen-bond donors (Lipinski definition) is 1. The molecular weight excluding hydrogens is 370 g/mol. The average molecular weight is 383 g/mol. The van der Waals surface area contributed by atoms with Gasteiger partial charge in [0, 0.05) is 7.05 Å². The lowest BCUT2D eigenvalue weighted by atomic mass is 10.1. The third-order valence-corrected chi connectivity index (χ3v) is 4.40. The van der Waals surface area contributed by atoms with Crippen LogP contribution in [-0.4, -0.2) is 31.5 Å². The SMILES string of the molecule is CNC(=O)C1CN(C(=O)c2cc(F)c(Cl)cc2Cl)c2ccccc2O1. The van der Waals surface area contributed by atoms with Crippen molar-refractivity contribution in [1.82, 2.24) is 5.32 Å². The van der Waals surface area contributed by atoms with Crippen LogP contribution in [0.3, 0.4) is 0 Å².